The lowest BCUT2D eigenvalue weighted by atomic mass is 9.99. The molecule has 0 saturated carbocycles. The first-order valence-corrected chi connectivity index (χ1v) is 9.00. The molecule has 0 bridgehead atoms. The Morgan fingerprint density at radius 2 is 1.83 bits per heavy atom. The van der Waals surface area contributed by atoms with Gasteiger partial charge in [0, 0.05) is 24.5 Å². The van der Waals surface area contributed by atoms with E-state index in [2.05, 4.69) is 28.6 Å². The van der Waals surface area contributed by atoms with Gasteiger partial charge in [0.2, 0.25) is 0 Å². The van der Waals surface area contributed by atoms with Gasteiger partial charge in [-0.2, -0.15) is 13.2 Å². The second kappa shape index (κ2) is 7.25. The fourth-order valence-electron chi connectivity index (χ4n) is 3.17. The Balaban J connectivity index is 1.96. The molecule has 2 nitrogen and oxygen atoms in total. The van der Waals surface area contributed by atoms with Crippen LogP contribution in [0.25, 0.3) is 0 Å². The first kappa shape index (κ1) is 17.5. The van der Waals surface area contributed by atoms with E-state index in [9.17, 15) is 13.2 Å². The number of rotatable bonds is 3. The number of hydrogen-bond donors (Lipinski definition) is 1. The van der Waals surface area contributed by atoms with Gasteiger partial charge in [-0.3, -0.25) is 4.90 Å². The second-order valence-corrected chi connectivity index (χ2v) is 7.08. The first-order valence-electron chi connectivity index (χ1n) is 8.13. The number of aryl methyl sites for hydroxylation is 1. The second-order valence-electron chi connectivity index (χ2n) is 6.13. The average Bonchev–Trinajstić information content (AvgIpc) is 2.80. The highest BCUT2D eigenvalue weighted by atomic mass is 32.1. The zero-order chi connectivity index (χ0) is 17.2. The fourth-order valence-corrected chi connectivity index (χ4v) is 4.26. The van der Waals surface area contributed by atoms with Crippen LogP contribution in [0.15, 0.2) is 35.7 Å². The third-order valence-electron chi connectivity index (χ3n) is 4.44. The third-order valence-corrected chi connectivity index (χ3v) is 5.51. The third kappa shape index (κ3) is 3.82. The summed E-state index contributed by atoms with van der Waals surface area (Å²) in [6.07, 6.45) is -3.25. The van der Waals surface area contributed by atoms with Gasteiger partial charge in [0.1, 0.15) is 0 Å². The van der Waals surface area contributed by atoms with Crippen molar-refractivity contribution in [3.05, 3.63) is 57.3 Å². The summed E-state index contributed by atoms with van der Waals surface area (Å²) in [5.41, 5.74) is 1.53. The summed E-state index contributed by atoms with van der Waals surface area (Å²) in [4.78, 5) is 3.60. The van der Waals surface area contributed by atoms with Gasteiger partial charge < -0.3 is 5.32 Å². The van der Waals surface area contributed by atoms with Gasteiger partial charge in [-0.05, 0) is 54.6 Å². The Labute approximate surface area is 144 Å². The Bertz CT molecular complexity index is 656. The van der Waals surface area contributed by atoms with E-state index >= 15 is 0 Å². The SMILES string of the molecule is Cc1ccsc1C(c1ccc(C(F)(F)F)cc1)N1CCCNCC1. The van der Waals surface area contributed by atoms with Crippen molar-refractivity contribution in [2.75, 3.05) is 26.2 Å². The maximum Gasteiger partial charge on any atom is 0.416 e. The lowest BCUT2D eigenvalue weighted by molar-refractivity contribution is -0.137. The van der Waals surface area contributed by atoms with E-state index in [0.29, 0.717) is 0 Å². The van der Waals surface area contributed by atoms with Gasteiger partial charge in [0.05, 0.1) is 11.6 Å². The van der Waals surface area contributed by atoms with E-state index in [4.69, 9.17) is 0 Å². The summed E-state index contributed by atoms with van der Waals surface area (Å²) >= 11 is 1.68. The molecule has 24 heavy (non-hydrogen) atoms. The summed E-state index contributed by atoms with van der Waals surface area (Å²) in [5.74, 6) is 0. The molecule has 6 heteroatoms. The number of alkyl halides is 3. The van der Waals surface area contributed by atoms with Crippen molar-refractivity contribution in [1.29, 1.82) is 0 Å². The van der Waals surface area contributed by atoms with Gasteiger partial charge in [-0.15, -0.1) is 11.3 Å². The molecule has 2 aromatic rings. The lowest BCUT2D eigenvalue weighted by Crippen LogP contribution is -2.33. The molecule has 1 saturated heterocycles. The molecule has 0 radical (unpaired) electrons. The molecular formula is C18H21F3N2S. The van der Waals surface area contributed by atoms with E-state index in [-0.39, 0.29) is 6.04 Å². The molecule has 3 rings (SSSR count). The van der Waals surface area contributed by atoms with Crippen molar-refractivity contribution in [2.45, 2.75) is 25.6 Å². The predicted molar refractivity (Wildman–Crippen MR) is 91.4 cm³/mol. The molecule has 130 valence electrons. The van der Waals surface area contributed by atoms with Crippen molar-refractivity contribution < 1.29 is 13.2 Å². The van der Waals surface area contributed by atoms with Crippen molar-refractivity contribution in [2.24, 2.45) is 0 Å². The summed E-state index contributed by atoms with van der Waals surface area (Å²) < 4.78 is 38.5. The van der Waals surface area contributed by atoms with Crippen LogP contribution in [-0.2, 0) is 6.18 Å². The maximum absolute atomic E-state index is 12.8. The molecule has 1 aromatic carbocycles. The minimum atomic E-state index is -4.29. The fraction of sp³-hybridized carbons (Fsp3) is 0.444. The Kier molecular flexibility index (Phi) is 5.27. The molecule has 1 fully saturated rings. The molecule has 1 unspecified atom stereocenters. The van der Waals surface area contributed by atoms with Crippen LogP contribution < -0.4 is 5.32 Å². The molecule has 0 spiro atoms. The van der Waals surface area contributed by atoms with Crippen LogP contribution in [0, 0.1) is 6.92 Å². The number of thiophene rings is 1. The monoisotopic (exact) mass is 354 g/mol. The van der Waals surface area contributed by atoms with Crippen LogP contribution in [0.4, 0.5) is 13.2 Å². The maximum atomic E-state index is 12.8. The summed E-state index contributed by atoms with van der Waals surface area (Å²) in [6.45, 7) is 5.79. The Morgan fingerprint density at radius 1 is 1.08 bits per heavy atom. The highest BCUT2D eigenvalue weighted by Crippen LogP contribution is 2.36. The molecule has 0 aliphatic carbocycles. The summed E-state index contributed by atoms with van der Waals surface area (Å²) in [7, 11) is 0. The smallest absolute Gasteiger partial charge is 0.315 e. The molecule has 0 amide bonds. The van der Waals surface area contributed by atoms with Crippen LogP contribution in [-0.4, -0.2) is 31.1 Å². The number of nitrogens with zero attached hydrogens (tertiary/aromatic N) is 1. The average molecular weight is 354 g/mol. The number of halogens is 3. The van der Waals surface area contributed by atoms with Crippen molar-refractivity contribution in [1.82, 2.24) is 10.2 Å². The molecular weight excluding hydrogens is 333 g/mol. The van der Waals surface area contributed by atoms with Crippen molar-refractivity contribution in [3.63, 3.8) is 0 Å². The van der Waals surface area contributed by atoms with Gasteiger partial charge in [-0.25, -0.2) is 0 Å². The normalized spacial score (nSPS) is 18.3. The Morgan fingerprint density at radius 3 is 2.46 bits per heavy atom. The van der Waals surface area contributed by atoms with Crippen LogP contribution >= 0.6 is 11.3 Å². The summed E-state index contributed by atoms with van der Waals surface area (Å²) in [5, 5.41) is 5.44. The first-order chi connectivity index (χ1) is 11.5. The molecule has 2 heterocycles. The molecule has 1 atom stereocenters. The molecule has 1 aliphatic rings. The predicted octanol–water partition coefficient (Wildman–Crippen LogP) is 4.46. The minimum Gasteiger partial charge on any atom is -0.315 e. The number of hydrogen-bond acceptors (Lipinski definition) is 3. The van der Waals surface area contributed by atoms with Gasteiger partial charge >= 0.3 is 6.18 Å². The molecule has 1 aliphatic heterocycles. The van der Waals surface area contributed by atoms with Crippen LogP contribution in [0.2, 0.25) is 0 Å². The van der Waals surface area contributed by atoms with E-state index in [0.717, 1.165) is 38.2 Å². The molecule has 1 N–H and O–H groups in total. The minimum absolute atomic E-state index is 0.0205. The topological polar surface area (TPSA) is 15.3 Å². The van der Waals surface area contributed by atoms with Gasteiger partial charge in [0.25, 0.3) is 0 Å². The van der Waals surface area contributed by atoms with Crippen LogP contribution in [0.3, 0.4) is 0 Å². The van der Waals surface area contributed by atoms with Crippen LogP contribution in [0.1, 0.15) is 34.0 Å². The standard InChI is InChI=1S/C18H21F3N2S/c1-13-7-12-24-17(13)16(23-10-2-8-22-9-11-23)14-3-5-15(6-4-14)18(19,20)21/h3-7,12,16,22H,2,8-11H2,1H3. The van der Waals surface area contributed by atoms with Crippen molar-refractivity contribution >= 4 is 11.3 Å². The van der Waals surface area contributed by atoms with Crippen LogP contribution in [0.5, 0.6) is 0 Å². The lowest BCUT2D eigenvalue weighted by Gasteiger charge is -2.31. The van der Waals surface area contributed by atoms with E-state index in [1.165, 1.54) is 22.6 Å². The van der Waals surface area contributed by atoms with Crippen molar-refractivity contribution in [3.8, 4) is 0 Å². The zero-order valence-electron chi connectivity index (χ0n) is 13.6. The number of benzene rings is 1. The number of nitrogens with one attached hydrogen (secondary N) is 1. The highest BCUT2D eigenvalue weighted by Gasteiger charge is 2.31. The van der Waals surface area contributed by atoms with E-state index in [1.54, 1.807) is 23.5 Å². The Hall–Kier alpha value is -1.37. The highest BCUT2D eigenvalue weighted by molar-refractivity contribution is 7.10. The summed E-state index contributed by atoms with van der Waals surface area (Å²) in [6, 6.07) is 7.75. The van der Waals surface area contributed by atoms with Gasteiger partial charge in [-0.1, -0.05) is 12.1 Å². The van der Waals surface area contributed by atoms with E-state index in [1.807, 2.05) is 0 Å². The van der Waals surface area contributed by atoms with E-state index < -0.39 is 11.7 Å². The molecule has 1 aromatic heterocycles. The largest absolute Gasteiger partial charge is 0.416 e. The zero-order valence-corrected chi connectivity index (χ0v) is 14.4. The quantitative estimate of drug-likeness (QED) is 0.875. The van der Waals surface area contributed by atoms with Gasteiger partial charge in [0.15, 0.2) is 0 Å².